The quantitative estimate of drug-likeness (QED) is 0.725. The maximum absolute atomic E-state index is 13.1. The van der Waals surface area contributed by atoms with Crippen molar-refractivity contribution in [1.82, 2.24) is 5.32 Å². The van der Waals surface area contributed by atoms with Crippen molar-refractivity contribution in [2.24, 2.45) is 0 Å². The number of anilines is 1. The van der Waals surface area contributed by atoms with Gasteiger partial charge in [0.2, 0.25) is 11.8 Å². The Hall–Kier alpha value is -2.82. The number of amides is 2. The first-order valence-corrected chi connectivity index (χ1v) is 9.31. The first-order chi connectivity index (χ1) is 13.0. The predicted octanol–water partition coefficient (Wildman–Crippen LogP) is 4.10. The zero-order valence-corrected chi connectivity index (χ0v) is 16.3. The Labute approximate surface area is 161 Å². The Morgan fingerprint density at radius 2 is 1.74 bits per heavy atom. The highest BCUT2D eigenvalue weighted by Gasteiger charge is 2.22. The minimum absolute atomic E-state index is 0.00998. The number of nitrogens with one attached hydrogen (secondary N) is 1. The van der Waals surface area contributed by atoms with Crippen LogP contribution in [0.3, 0.4) is 0 Å². The molecule has 2 aromatic carbocycles. The molecular weight excluding hydrogens is 340 g/mol. The van der Waals surface area contributed by atoms with E-state index in [-0.39, 0.29) is 24.3 Å². The number of rotatable bonds is 9. The van der Waals surface area contributed by atoms with Gasteiger partial charge in [-0.3, -0.25) is 9.59 Å². The van der Waals surface area contributed by atoms with Crippen molar-refractivity contribution in [3.8, 4) is 5.75 Å². The summed E-state index contributed by atoms with van der Waals surface area (Å²) in [4.78, 5) is 26.6. The third-order valence-electron chi connectivity index (χ3n) is 4.38. The molecule has 1 unspecified atom stereocenters. The molecule has 0 saturated carbocycles. The van der Waals surface area contributed by atoms with Crippen LogP contribution < -0.4 is 15.0 Å². The van der Waals surface area contributed by atoms with Crippen LogP contribution in [-0.2, 0) is 9.59 Å². The van der Waals surface area contributed by atoms with Gasteiger partial charge >= 0.3 is 0 Å². The van der Waals surface area contributed by atoms with E-state index in [1.54, 1.807) is 7.11 Å². The van der Waals surface area contributed by atoms with Crippen LogP contribution in [-0.4, -0.2) is 25.5 Å². The molecule has 0 saturated heterocycles. The molecule has 0 aliphatic rings. The molecular formula is C22H28N2O3. The van der Waals surface area contributed by atoms with Gasteiger partial charge in [0.1, 0.15) is 5.75 Å². The van der Waals surface area contributed by atoms with E-state index >= 15 is 0 Å². The van der Waals surface area contributed by atoms with Crippen molar-refractivity contribution in [3.05, 3.63) is 60.2 Å². The number of ether oxygens (including phenoxy) is 1. The van der Waals surface area contributed by atoms with Crippen molar-refractivity contribution in [1.29, 1.82) is 0 Å². The van der Waals surface area contributed by atoms with Crippen LogP contribution in [0.5, 0.6) is 5.75 Å². The van der Waals surface area contributed by atoms with Crippen LogP contribution in [0.1, 0.15) is 44.7 Å². The van der Waals surface area contributed by atoms with Gasteiger partial charge in [0.15, 0.2) is 0 Å². The van der Waals surface area contributed by atoms with Crippen molar-refractivity contribution in [2.75, 3.05) is 18.6 Å². The van der Waals surface area contributed by atoms with Gasteiger partial charge in [0.25, 0.3) is 0 Å². The third-order valence-corrected chi connectivity index (χ3v) is 4.38. The number of benzene rings is 2. The van der Waals surface area contributed by atoms with E-state index in [0.29, 0.717) is 6.54 Å². The highest BCUT2D eigenvalue weighted by atomic mass is 16.5. The summed E-state index contributed by atoms with van der Waals surface area (Å²) >= 11 is 0. The molecule has 1 atom stereocenters. The molecule has 0 aromatic heterocycles. The Morgan fingerprint density at radius 1 is 1.07 bits per heavy atom. The molecule has 0 fully saturated rings. The average Bonchev–Trinajstić information content (AvgIpc) is 2.68. The standard InChI is InChI=1S/C22H28N2O3/c1-4-5-15-24(19-9-7-6-8-10-19)22(26)16-21(23-17(2)25)18-11-13-20(27-3)14-12-18/h6-14,21H,4-5,15-16H2,1-3H3,(H,23,25). The lowest BCUT2D eigenvalue weighted by Gasteiger charge is -2.26. The van der Waals surface area contributed by atoms with Crippen molar-refractivity contribution in [2.45, 2.75) is 39.2 Å². The van der Waals surface area contributed by atoms with Gasteiger partial charge in [-0.25, -0.2) is 0 Å². The van der Waals surface area contributed by atoms with Crippen LogP contribution in [0, 0.1) is 0 Å². The van der Waals surface area contributed by atoms with Crippen molar-refractivity contribution >= 4 is 17.5 Å². The summed E-state index contributed by atoms with van der Waals surface area (Å²) in [5.74, 6) is 0.563. The molecule has 0 aliphatic heterocycles. The van der Waals surface area contributed by atoms with Crippen LogP contribution in [0.2, 0.25) is 0 Å². The Kier molecular flexibility index (Phi) is 7.86. The van der Waals surface area contributed by atoms with E-state index < -0.39 is 0 Å². The van der Waals surface area contributed by atoms with E-state index in [9.17, 15) is 9.59 Å². The summed E-state index contributed by atoms with van der Waals surface area (Å²) < 4.78 is 5.19. The van der Waals surface area contributed by atoms with E-state index in [2.05, 4.69) is 12.2 Å². The molecule has 2 rings (SSSR count). The molecule has 2 aromatic rings. The molecule has 0 spiro atoms. The second kappa shape index (κ2) is 10.4. The molecule has 2 amide bonds. The number of carbonyl (C=O) groups is 2. The summed E-state index contributed by atoms with van der Waals surface area (Å²) in [5, 5.41) is 2.90. The molecule has 0 heterocycles. The van der Waals surface area contributed by atoms with Gasteiger partial charge in [-0.1, -0.05) is 43.7 Å². The van der Waals surface area contributed by atoms with Gasteiger partial charge in [0, 0.05) is 19.2 Å². The van der Waals surface area contributed by atoms with E-state index in [0.717, 1.165) is 29.8 Å². The molecule has 5 heteroatoms. The molecule has 1 N–H and O–H groups in total. The normalized spacial score (nSPS) is 11.5. The van der Waals surface area contributed by atoms with Crippen LogP contribution in [0.25, 0.3) is 0 Å². The molecule has 0 aliphatic carbocycles. The summed E-state index contributed by atoms with van der Waals surface area (Å²) in [6.07, 6.45) is 2.13. The van der Waals surface area contributed by atoms with Crippen molar-refractivity contribution < 1.29 is 14.3 Å². The maximum Gasteiger partial charge on any atom is 0.229 e. The number of carbonyl (C=O) groups excluding carboxylic acids is 2. The zero-order chi connectivity index (χ0) is 19.6. The predicted molar refractivity (Wildman–Crippen MR) is 108 cm³/mol. The maximum atomic E-state index is 13.1. The molecule has 5 nitrogen and oxygen atoms in total. The molecule has 27 heavy (non-hydrogen) atoms. The number of unbranched alkanes of at least 4 members (excludes halogenated alkanes) is 1. The minimum atomic E-state index is -0.381. The molecule has 144 valence electrons. The van der Waals surface area contributed by atoms with Gasteiger partial charge in [0.05, 0.1) is 19.6 Å². The van der Waals surface area contributed by atoms with Crippen LogP contribution >= 0.6 is 0 Å². The number of nitrogens with zero attached hydrogens (tertiary/aromatic N) is 1. The van der Waals surface area contributed by atoms with E-state index in [1.807, 2.05) is 59.5 Å². The fraction of sp³-hybridized carbons (Fsp3) is 0.364. The topological polar surface area (TPSA) is 58.6 Å². The van der Waals surface area contributed by atoms with Crippen LogP contribution in [0.15, 0.2) is 54.6 Å². The molecule has 0 bridgehead atoms. The monoisotopic (exact) mass is 368 g/mol. The second-order valence-corrected chi connectivity index (χ2v) is 6.46. The van der Waals surface area contributed by atoms with Gasteiger partial charge in [-0.15, -0.1) is 0 Å². The summed E-state index contributed by atoms with van der Waals surface area (Å²) in [5.41, 5.74) is 1.76. The second-order valence-electron chi connectivity index (χ2n) is 6.46. The number of methoxy groups -OCH3 is 1. The number of hydrogen-bond acceptors (Lipinski definition) is 3. The molecule has 0 radical (unpaired) electrons. The minimum Gasteiger partial charge on any atom is -0.497 e. The summed E-state index contributed by atoms with van der Waals surface area (Å²) in [6, 6.07) is 16.7. The Bertz CT molecular complexity index is 729. The average molecular weight is 368 g/mol. The first kappa shape index (κ1) is 20.5. The largest absolute Gasteiger partial charge is 0.497 e. The SMILES string of the molecule is CCCCN(C(=O)CC(NC(C)=O)c1ccc(OC)cc1)c1ccccc1. The number of para-hydroxylation sites is 1. The first-order valence-electron chi connectivity index (χ1n) is 9.31. The third kappa shape index (κ3) is 6.13. The van der Waals surface area contributed by atoms with Crippen LogP contribution in [0.4, 0.5) is 5.69 Å². The van der Waals surface area contributed by atoms with Crippen molar-refractivity contribution in [3.63, 3.8) is 0 Å². The summed E-state index contributed by atoms with van der Waals surface area (Å²) in [7, 11) is 1.61. The van der Waals surface area contributed by atoms with E-state index in [1.165, 1.54) is 6.92 Å². The van der Waals surface area contributed by atoms with Gasteiger partial charge < -0.3 is 15.0 Å². The highest BCUT2D eigenvalue weighted by Crippen LogP contribution is 2.23. The lowest BCUT2D eigenvalue weighted by atomic mass is 10.0. The van der Waals surface area contributed by atoms with E-state index in [4.69, 9.17) is 4.74 Å². The summed E-state index contributed by atoms with van der Waals surface area (Å²) in [6.45, 7) is 4.23. The Morgan fingerprint density at radius 3 is 2.30 bits per heavy atom. The smallest absolute Gasteiger partial charge is 0.229 e. The Balaban J connectivity index is 2.21. The highest BCUT2D eigenvalue weighted by molar-refractivity contribution is 5.94. The zero-order valence-electron chi connectivity index (χ0n) is 16.3. The lowest BCUT2D eigenvalue weighted by molar-refractivity contribution is -0.121. The lowest BCUT2D eigenvalue weighted by Crippen LogP contribution is -2.36. The van der Waals surface area contributed by atoms with Gasteiger partial charge in [-0.2, -0.15) is 0 Å². The fourth-order valence-electron chi connectivity index (χ4n) is 2.94. The number of hydrogen-bond donors (Lipinski definition) is 1. The van der Waals surface area contributed by atoms with Gasteiger partial charge in [-0.05, 0) is 36.2 Å². The fourth-order valence-corrected chi connectivity index (χ4v) is 2.94.